The maximum Gasteiger partial charge on any atom is 0.136 e. The molecule has 0 saturated carbocycles. The highest BCUT2D eigenvalue weighted by Crippen LogP contribution is 2.27. The van der Waals surface area contributed by atoms with Crippen molar-refractivity contribution in [1.82, 2.24) is 19.8 Å². The zero-order valence-corrected chi connectivity index (χ0v) is 27.8. The predicted octanol–water partition coefficient (Wildman–Crippen LogP) is 3.62. The maximum atomic E-state index is 13.6. The van der Waals surface area contributed by atoms with E-state index >= 15 is 0 Å². The van der Waals surface area contributed by atoms with Crippen LogP contribution < -0.4 is 15.5 Å². The molecule has 272 valence electrons. The lowest BCUT2D eigenvalue weighted by Crippen LogP contribution is -2.49. The van der Waals surface area contributed by atoms with Crippen LogP contribution in [-0.4, -0.2) is 132 Å². The number of hydrogen-bond donors (Lipinski definition) is 4. The van der Waals surface area contributed by atoms with Crippen LogP contribution in [0.4, 0.5) is 20.4 Å². The number of azide groups is 1. The number of nitrogens with zero attached hydrogens (tertiary/aromatic N) is 9. The molecule has 0 radical (unpaired) electrons. The molecular formula is C35H50F2N10O3. The Morgan fingerprint density at radius 2 is 1.20 bits per heavy atom. The predicted molar refractivity (Wildman–Crippen MR) is 195 cm³/mol. The van der Waals surface area contributed by atoms with Gasteiger partial charge in [-0.15, -0.1) is 0 Å². The molecule has 2 fully saturated rings. The number of benzene rings is 2. The van der Waals surface area contributed by atoms with Gasteiger partial charge in [-0.1, -0.05) is 24.7 Å². The number of anilines is 2. The Morgan fingerprint density at radius 1 is 0.780 bits per heavy atom. The largest absolute Gasteiger partial charge is 0.397 e. The summed E-state index contributed by atoms with van der Waals surface area (Å²) in [7, 11) is 0. The van der Waals surface area contributed by atoms with Gasteiger partial charge in [0, 0.05) is 107 Å². The molecule has 2 aliphatic rings. The molecule has 2 unspecified atom stereocenters. The fourth-order valence-electron chi connectivity index (χ4n) is 5.90. The van der Waals surface area contributed by atoms with Gasteiger partial charge in [0.1, 0.15) is 23.3 Å². The molecule has 2 aromatic heterocycles. The van der Waals surface area contributed by atoms with Gasteiger partial charge in [0.2, 0.25) is 0 Å². The number of halogens is 2. The highest BCUT2D eigenvalue weighted by Gasteiger charge is 2.22. The zero-order chi connectivity index (χ0) is 35.2. The topological polar surface area (TPSA) is 174 Å². The van der Waals surface area contributed by atoms with Crippen LogP contribution in [0.15, 0.2) is 66.0 Å². The molecule has 2 aromatic carbocycles. The van der Waals surface area contributed by atoms with Crippen molar-refractivity contribution in [2.24, 2.45) is 10.8 Å². The van der Waals surface area contributed by atoms with Crippen LogP contribution in [0, 0.1) is 11.6 Å². The summed E-state index contributed by atoms with van der Waals surface area (Å²) in [5.41, 5.74) is 13.7. The number of pyridine rings is 2. The summed E-state index contributed by atoms with van der Waals surface area (Å²) in [6.45, 7) is 9.68. The van der Waals surface area contributed by atoms with Gasteiger partial charge in [0.15, 0.2) is 0 Å². The minimum Gasteiger partial charge on any atom is -0.397 e. The van der Waals surface area contributed by atoms with E-state index in [2.05, 4.69) is 39.6 Å². The van der Waals surface area contributed by atoms with Gasteiger partial charge in [-0.2, -0.15) is 0 Å². The summed E-state index contributed by atoms with van der Waals surface area (Å²) in [5.74, 6) is 1.11. The van der Waals surface area contributed by atoms with Gasteiger partial charge in [-0.05, 0) is 59.6 Å². The van der Waals surface area contributed by atoms with E-state index in [0.717, 1.165) is 85.5 Å². The molecule has 4 aromatic rings. The van der Waals surface area contributed by atoms with E-state index < -0.39 is 12.2 Å². The number of aliphatic hydroxyl groups is 3. The Labute approximate surface area is 292 Å². The molecule has 2 atom stereocenters. The number of hydrogen-bond acceptors (Lipinski definition) is 11. The quantitative estimate of drug-likeness (QED) is 0.115. The molecular weight excluding hydrogens is 646 g/mol. The third-order valence-corrected chi connectivity index (χ3v) is 8.32. The first-order valence-corrected chi connectivity index (χ1v) is 16.5. The third kappa shape index (κ3) is 11.4. The van der Waals surface area contributed by atoms with E-state index in [-0.39, 0.29) is 38.8 Å². The SMILES string of the molecule is C.CCO.NCC(O)CN1CCN(c2nccc3ccc(F)cc23)CC1.[N-]=[N+]=NCC(O)CN1CCN(c2nccc3ccc(F)cc23)CC1. The van der Waals surface area contributed by atoms with Gasteiger partial charge in [-0.3, -0.25) is 9.80 Å². The Balaban J connectivity index is 0.000000247. The summed E-state index contributed by atoms with van der Waals surface area (Å²) >= 11 is 0. The molecule has 13 nitrogen and oxygen atoms in total. The summed E-state index contributed by atoms with van der Waals surface area (Å²) < 4.78 is 27.1. The molecule has 0 amide bonds. The number of aromatic nitrogens is 2. The monoisotopic (exact) mass is 696 g/mol. The first-order valence-electron chi connectivity index (χ1n) is 16.5. The summed E-state index contributed by atoms with van der Waals surface area (Å²) in [4.78, 5) is 20.2. The van der Waals surface area contributed by atoms with E-state index in [4.69, 9.17) is 16.4 Å². The van der Waals surface area contributed by atoms with Crippen LogP contribution in [0.2, 0.25) is 0 Å². The van der Waals surface area contributed by atoms with Crippen molar-refractivity contribution in [3.63, 3.8) is 0 Å². The van der Waals surface area contributed by atoms with E-state index in [1.807, 2.05) is 12.1 Å². The Kier molecular flexibility index (Phi) is 16.5. The van der Waals surface area contributed by atoms with Gasteiger partial charge in [0.05, 0.1) is 18.8 Å². The molecule has 6 rings (SSSR count). The maximum absolute atomic E-state index is 13.6. The van der Waals surface area contributed by atoms with Gasteiger partial charge in [0.25, 0.3) is 0 Å². The average molecular weight is 697 g/mol. The molecule has 0 aliphatic carbocycles. The molecule has 0 spiro atoms. The van der Waals surface area contributed by atoms with Crippen molar-refractivity contribution in [2.45, 2.75) is 26.6 Å². The number of rotatable bonds is 9. The molecule has 2 aliphatic heterocycles. The van der Waals surface area contributed by atoms with Crippen molar-refractivity contribution in [3.8, 4) is 0 Å². The normalized spacial score (nSPS) is 16.3. The second-order valence-corrected chi connectivity index (χ2v) is 11.8. The van der Waals surface area contributed by atoms with Crippen LogP contribution in [0.1, 0.15) is 14.4 Å². The molecule has 4 heterocycles. The minimum atomic E-state index is -0.655. The van der Waals surface area contributed by atoms with Crippen molar-refractivity contribution in [2.75, 3.05) is 94.9 Å². The van der Waals surface area contributed by atoms with E-state index in [1.165, 1.54) is 18.2 Å². The standard InChI is InChI=1S/C16H19FN6O.C16H21FN4O.C2H6O.CH4/c17-13-2-1-12-3-4-19-16(15(12)9-13)23-7-5-22(6-8-23)11-14(24)10-20-21-18;17-13-2-1-12-3-4-19-16(15(12)9-13)21-7-5-20(6-8-21)11-14(22)10-18;1-2-3;/h1-4,9,14,24H,5-8,10-11H2;1-4,9,14,22H,5-8,10-11,18H2;3H,2H2,1H3;1H4. The zero-order valence-electron chi connectivity index (χ0n) is 27.8. The fourth-order valence-corrected chi connectivity index (χ4v) is 5.90. The van der Waals surface area contributed by atoms with Crippen molar-refractivity contribution in [1.29, 1.82) is 0 Å². The lowest BCUT2D eigenvalue weighted by Gasteiger charge is -2.36. The smallest absolute Gasteiger partial charge is 0.136 e. The third-order valence-electron chi connectivity index (χ3n) is 8.32. The highest BCUT2D eigenvalue weighted by atomic mass is 19.1. The average Bonchev–Trinajstić information content (AvgIpc) is 3.11. The highest BCUT2D eigenvalue weighted by molar-refractivity contribution is 5.93. The second kappa shape index (κ2) is 20.5. The Hall–Kier alpha value is -4.21. The van der Waals surface area contributed by atoms with Crippen molar-refractivity contribution < 1.29 is 24.1 Å². The molecule has 0 bridgehead atoms. The molecule has 50 heavy (non-hydrogen) atoms. The Morgan fingerprint density at radius 3 is 1.60 bits per heavy atom. The molecule has 2 saturated heterocycles. The number of fused-ring (bicyclic) bond motifs is 2. The van der Waals surface area contributed by atoms with Crippen LogP contribution in [0.25, 0.3) is 32.0 Å². The number of piperazine rings is 2. The van der Waals surface area contributed by atoms with Crippen LogP contribution >= 0.6 is 0 Å². The summed E-state index contributed by atoms with van der Waals surface area (Å²) in [6, 6.07) is 13.3. The lowest BCUT2D eigenvalue weighted by molar-refractivity contribution is 0.115. The van der Waals surface area contributed by atoms with Gasteiger partial charge < -0.3 is 30.9 Å². The van der Waals surface area contributed by atoms with Crippen LogP contribution in [0.5, 0.6) is 0 Å². The van der Waals surface area contributed by atoms with E-state index in [1.54, 1.807) is 37.5 Å². The molecule has 15 heteroatoms. The summed E-state index contributed by atoms with van der Waals surface area (Å²) in [6.07, 6.45) is 2.37. The van der Waals surface area contributed by atoms with Gasteiger partial charge in [-0.25, -0.2) is 18.7 Å². The van der Waals surface area contributed by atoms with Crippen LogP contribution in [0.3, 0.4) is 0 Å². The van der Waals surface area contributed by atoms with Crippen LogP contribution in [-0.2, 0) is 0 Å². The number of aliphatic hydroxyl groups excluding tert-OH is 3. The lowest BCUT2D eigenvalue weighted by atomic mass is 10.1. The molecule has 5 N–H and O–H groups in total. The van der Waals surface area contributed by atoms with E-state index in [0.29, 0.717) is 13.1 Å². The first kappa shape index (κ1) is 40.2. The minimum absolute atomic E-state index is 0. The van der Waals surface area contributed by atoms with Crippen molar-refractivity contribution in [3.05, 3.63) is 83.0 Å². The number of β-amino-alcohol motifs (C(OH)–C–C–N with tert-alkyl or cyclic N) is 2. The fraction of sp³-hybridized carbons (Fsp3) is 0.486. The second-order valence-electron chi connectivity index (χ2n) is 11.8. The first-order chi connectivity index (χ1) is 23.8. The van der Waals surface area contributed by atoms with E-state index in [9.17, 15) is 19.0 Å². The summed E-state index contributed by atoms with van der Waals surface area (Å²) in [5, 5.41) is 34.0. The van der Waals surface area contributed by atoms with Crippen molar-refractivity contribution >= 4 is 33.2 Å². The Bertz CT molecular complexity index is 1660. The van der Waals surface area contributed by atoms with Gasteiger partial charge >= 0.3 is 0 Å². The number of nitrogens with two attached hydrogens (primary N) is 1.